The van der Waals surface area contributed by atoms with E-state index in [-0.39, 0.29) is 0 Å². The van der Waals surface area contributed by atoms with Crippen LogP contribution in [0.15, 0.2) is 11.4 Å². The molecule has 0 unspecified atom stereocenters. The Balaban J connectivity index is 2.44. The Morgan fingerprint density at radius 2 is 2.60 bits per heavy atom. The molecule has 10 heavy (non-hydrogen) atoms. The van der Waals surface area contributed by atoms with Gasteiger partial charge in [0.1, 0.15) is 6.17 Å². The SMILES string of the molecule is F[C@@H]1Cc2cnc(S)n2C1. The number of halogens is 1. The van der Waals surface area contributed by atoms with Crippen LogP contribution in [-0.4, -0.2) is 15.7 Å². The van der Waals surface area contributed by atoms with Crippen molar-refractivity contribution < 1.29 is 4.39 Å². The lowest BCUT2D eigenvalue weighted by Crippen LogP contribution is -2.01. The molecule has 0 amide bonds. The maximum absolute atomic E-state index is 12.6. The Morgan fingerprint density at radius 3 is 3.30 bits per heavy atom. The molecule has 1 aliphatic heterocycles. The van der Waals surface area contributed by atoms with Crippen LogP contribution >= 0.6 is 12.6 Å². The summed E-state index contributed by atoms with van der Waals surface area (Å²) >= 11 is 4.06. The molecule has 0 saturated carbocycles. The first-order valence-corrected chi connectivity index (χ1v) is 3.59. The van der Waals surface area contributed by atoms with Gasteiger partial charge in [-0.2, -0.15) is 0 Å². The standard InChI is InChI=1S/C6H7FN2S/c7-4-1-5-2-8-6(10)9(5)3-4/h2,4H,1,3H2,(H,8,10)/t4-/m1/s1. The second kappa shape index (κ2) is 1.99. The van der Waals surface area contributed by atoms with Crippen LogP contribution in [0.2, 0.25) is 0 Å². The van der Waals surface area contributed by atoms with E-state index in [4.69, 9.17) is 0 Å². The van der Waals surface area contributed by atoms with Gasteiger partial charge in [0.15, 0.2) is 5.16 Å². The minimum Gasteiger partial charge on any atom is -0.320 e. The van der Waals surface area contributed by atoms with Crippen molar-refractivity contribution in [2.45, 2.75) is 24.3 Å². The summed E-state index contributed by atoms with van der Waals surface area (Å²) in [5.41, 5.74) is 0.956. The highest BCUT2D eigenvalue weighted by Gasteiger charge is 2.22. The van der Waals surface area contributed by atoms with Crippen LogP contribution in [0.3, 0.4) is 0 Å². The lowest BCUT2D eigenvalue weighted by atomic mass is 10.3. The Labute approximate surface area is 63.5 Å². The Bertz CT molecular complexity index is 258. The maximum Gasteiger partial charge on any atom is 0.165 e. The van der Waals surface area contributed by atoms with Crippen LogP contribution in [0.25, 0.3) is 0 Å². The third-order valence-electron chi connectivity index (χ3n) is 1.73. The Hall–Kier alpha value is -0.510. The molecule has 2 heterocycles. The molecule has 0 fully saturated rings. The number of nitrogens with zero attached hydrogens (tertiary/aromatic N) is 2. The van der Waals surface area contributed by atoms with Crippen molar-refractivity contribution in [1.29, 1.82) is 0 Å². The molecule has 0 spiro atoms. The summed E-state index contributed by atoms with van der Waals surface area (Å²) < 4.78 is 14.4. The molecule has 1 atom stereocenters. The highest BCUT2D eigenvalue weighted by atomic mass is 32.1. The third kappa shape index (κ3) is 0.751. The third-order valence-corrected chi connectivity index (χ3v) is 2.09. The fraction of sp³-hybridized carbons (Fsp3) is 0.500. The zero-order valence-corrected chi connectivity index (χ0v) is 6.18. The van der Waals surface area contributed by atoms with E-state index in [2.05, 4.69) is 17.6 Å². The van der Waals surface area contributed by atoms with Crippen LogP contribution in [0, 0.1) is 0 Å². The molecular weight excluding hydrogens is 151 g/mol. The first kappa shape index (κ1) is 6.22. The number of imidazole rings is 1. The minimum atomic E-state index is -0.733. The molecule has 0 saturated heterocycles. The summed E-state index contributed by atoms with van der Waals surface area (Å²) in [6.45, 7) is 0.425. The number of aromatic nitrogens is 2. The van der Waals surface area contributed by atoms with Crippen molar-refractivity contribution in [1.82, 2.24) is 9.55 Å². The van der Waals surface area contributed by atoms with Gasteiger partial charge < -0.3 is 4.57 Å². The van der Waals surface area contributed by atoms with Gasteiger partial charge in [-0.25, -0.2) is 9.37 Å². The monoisotopic (exact) mass is 158 g/mol. The molecule has 1 aromatic heterocycles. The maximum atomic E-state index is 12.6. The largest absolute Gasteiger partial charge is 0.320 e. The molecule has 2 rings (SSSR count). The van der Waals surface area contributed by atoms with Gasteiger partial charge in [0.2, 0.25) is 0 Å². The van der Waals surface area contributed by atoms with Crippen LogP contribution in [-0.2, 0) is 13.0 Å². The lowest BCUT2D eigenvalue weighted by molar-refractivity contribution is 0.324. The summed E-state index contributed by atoms with van der Waals surface area (Å²) in [5, 5.41) is 0.621. The molecule has 2 nitrogen and oxygen atoms in total. The van der Waals surface area contributed by atoms with Crippen LogP contribution in [0.4, 0.5) is 4.39 Å². The summed E-state index contributed by atoms with van der Waals surface area (Å²) in [5.74, 6) is 0. The van der Waals surface area contributed by atoms with Gasteiger partial charge in [0, 0.05) is 18.3 Å². The van der Waals surface area contributed by atoms with Crippen LogP contribution in [0.5, 0.6) is 0 Å². The summed E-state index contributed by atoms with van der Waals surface area (Å²) in [6.07, 6.45) is 1.44. The summed E-state index contributed by atoms with van der Waals surface area (Å²) in [6, 6.07) is 0. The van der Waals surface area contributed by atoms with Gasteiger partial charge >= 0.3 is 0 Å². The second-order valence-electron chi connectivity index (χ2n) is 2.46. The first-order chi connectivity index (χ1) is 4.77. The van der Waals surface area contributed by atoms with Gasteiger partial charge in [-0.05, 0) is 0 Å². The summed E-state index contributed by atoms with van der Waals surface area (Å²) in [7, 11) is 0. The Kier molecular flexibility index (Phi) is 1.23. The molecule has 0 N–H and O–H groups in total. The second-order valence-corrected chi connectivity index (χ2v) is 2.86. The van der Waals surface area contributed by atoms with Gasteiger partial charge in [-0.3, -0.25) is 0 Å². The molecule has 54 valence electrons. The molecule has 0 radical (unpaired) electrons. The zero-order valence-electron chi connectivity index (χ0n) is 5.29. The van der Waals surface area contributed by atoms with Gasteiger partial charge in [0.05, 0.1) is 6.54 Å². The predicted molar refractivity (Wildman–Crippen MR) is 38.1 cm³/mol. The van der Waals surface area contributed by atoms with E-state index in [1.165, 1.54) is 0 Å². The zero-order chi connectivity index (χ0) is 7.14. The first-order valence-electron chi connectivity index (χ1n) is 3.15. The fourth-order valence-corrected chi connectivity index (χ4v) is 1.52. The van der Waals surface area contributed by atoms with Crippen molar-refractivity contribution in [2.75, 3.05) is 0 Å². The summed E-state index contributed by atoms with van der Waals surface area (Å²) in [4.78, 5) is 3.93. The minimum absolute atomic E-state index is 0.425. The predicted octanol–water partition coefficient (Wildman–Crippen LogP) is 1.07. The van der Waals surface area contributed by atoms with Crippen molar-refractivity contribution >= 4 is 12.6 Å². The van der Waals surface area contributed by atoms with E-state index in [1.54, 1.807) is 10.8 Å². The average molecular weight is 158 g/mol. The topological polar surface area (TPSA) is 17.8 Å². The van der Waals surface area contributed by atoms with E-state index in [1.807, 2.05) is 0 Å². The van der Waals surface area contributed by atoms with E-state index in [0.29, 0.717) is 18.1 Å². The highest BCUT2D eigenvalue weighted by molar-refractivity contribution is 7.80. The highest BCUT2D eigenvalue weighted by Crippen LogP contribution is 2.20. The number of hydrogen-bond acceptors (Lipinski definition) is 2. The molecule has 0 aromatic carbocycles. The quantitative estimate of drug-likeness (QED) is 0.559. The smallest absolute Gasteiger partial charge is 0.165 e. The Morgan fingerprint density at radius 1 is 1.80 bits per heavy atom. The van der Waals surface area contributed by atoms with Crippen LogP contribution in [0.1, 0.15) is 5.69 Å². The van der Waals surface area contributed by atoms with E-state index >= 15 is 0 Å². The molecule has 0 aliphatic carbocycles. The molecule has 0 bridgehead atoms. The van der Waals surface area contributed by atoms with E-state index in [9.17, 15) is 4.39 Å². The van der Waals surface area contributed by atoms with Crippen LogP contribution < -0.4 is 0 Å². The van der Waals surface area contributed by atoms with E-state index in [0.717, 1.165) is 5.69 Å². The van der Waals surface area contributed by atoms with Crippen molar-refractivity contribution in [3.8, 4) is 0 Å². The van der Waals surface area contributed by atoms with Crippen molar-refractivity contribution in [3.63, 3.8) is 0 Å². The number of rotatable bonds is 0. The molecule has 4 heteroatoms. The molecule has 1 aromatic rings. The normalized spacial score (nSPS) is 23.2. The molecule has 1 aliphatic rings. The number of hydrogen-bond donors (Lipinski definition) is 1. The van der Waals surface area contributed by atoms with E-state index < -0.39 is 6.17 Å². The molecular formula is C6H7FN2S. The fourth-order valence-electron chi connectivity index (χ4n) is 1.25. The number of thiol groups is 1. The number of alkyl halides is 1. The average Bonchev–Trinajstić information content (AvgIpc) is 2.35. The van der Waals surface area contributed by atoms with Crippen molar-refractivity contribution in [2.24, 2.45) is 0 Å². The number of fused-ring (bicyclic) bond motifs is 1. The van der Waals surface area contributed by atoms with Gasteiger partial charge in [-0.1, -0.05) is 0 Å². The van der Waals surface area contributed by atoms with Gasteiger partial charge in [0.25, 0.3) is 0 Å². The lowest BCUT2D eigenvalue weighted by Gasteiger charge is -1.96. The van der Waals surface area contributed by atoms with Gasteiger partial charge in [-0.15, -0.1) is 12.6 Å². The van der Waals surface area contributed by atoms with Crippen molar-refractivity contribution in [3.05, 3.63) is 11.9 Å².